The molecule has 1 aliphatic rings. The quantitative estimate of drug-likeness (QED) is 0.735. The Morgan fingerprint density at radius 3 is 2.39 bits per heavy atom. The fourth-order valence-corrected chi connectivity index (χ4v) is 3.66. The van der Waals surface area contributed by atoms with Crippen molar-refractivity contribution in [3.8, 4) is 17.6 Å². The number of hydrogen-bond donors (Lipinski definition) is 1. The molecule has 0 aliphatic carbocycles. The van der Waals surface area contributed by atoms with Crippen LogP contribution in [0.3, 0.4) is 0 Å². The largest absolute Gasteiger partial charge is 0.422 e. The Morgan fingerprint density at radius 1 is 1.11 bits per heavy atom. The number of fused-ring (bicyclic) bond motifs is 1. The molecule has 0 bridgehead atoms. The third kappa shape index (κ3) is 2.84. The van der Waals surface area contributed by atoms with E-state index >= 15 is 0 Å². The number of ether oxygens (including phenoxy) is 1. The van der Waals surface area contributed by atoms with Crippen molar-refractivity contribution in [2.24, 2.45) is 5.73 Å². The predicted molar refractivity (Wildman–Crippen MR) is 108 cm³/mol. The molecule has 140 valence electrons. The average molecular weight is 370 g/mol. The lowest BCUT2D eigenvalue weighted by molar-refractivity contribution is 0.367. The molecule has 0 radical (unpaired) electrons. The van der Waals surface area contributed by atoms with Crippen LogP contribution in [0.5, 0.6) is 5.88 Å². The Balaban J connectivity index is 1.90. The van der Waals surface area contributed by atoms with Crippen molar-refractivity contribution < 1.29 is 4.74 Å². The Morgan fingerprint density at radius 2 is 1.79 bits per heavy atom. The van der Waals surface area contributed by atoms with Crippen LogP contribution in [0, 0.1) is 18.3 Å². The number of nitrogens with two attached hydrogens (primary N) is 1. The SMILES string of the molecule is Cc1nn(-c2ccccc2)c2c1[C@H](c1ccc(C(C)C)cc1)C(C#N)=C(N)O2. The first-order valence-corrected chi connectivity index (χ1v) is 9.33. The van der Waals surface area contributed by atoms with Gasteiger partial charge >= 0.3 is 0 Å². The van der Waals surface area contributed by atoms with Gasteiger partial charge in [0, 0.05) is 0 Å². The van der Waals surface area contributed by atoms with E-state index < -0.39 is 0 Å². The molecular weight excluding hydrogens is 348 g/mol. The van der Waals surface area contributed by atoms with Gasteiger partial charge in [-0.05, 0) is 36.1 Å². The van der Waals surface area contributed by atoms with E-state index in [0.717, 1.165) is 22.5 Å². The molecule has 1 aliphatic heterocycles. The van der Waals surface area contributed by atoms with Crippen molar-refractivity contribution >= 4 is 0 Å². The number of hydrogen-bond acceptors (Lipinski definition) is 4. The smallest absolute Gasteiger partial charge is 0.229 e. The molecule has 0 spiro atoms. The molecule has 28 heavy (non-hydrogen) atoms. The summed E-state index contributed by atoms with van der Waals surface area (Å²) in [5.74, 6) is 0.841. The third-order valence-corrected chi connectivity index (χ3v) is 5.17. The first-order valence-electron chi connectivity index (χ1n) is 9.33. The summed E-state index contributed by atoms with van der Waals surface area (Å²) in [6.45, 7) is 6.26. The molecule has 2 N–H and O–H groups in total. The van der Waals surface area contributed by atoms with E-state index in [0.29, 0.717) is 17.4 Å². The number of aryl methyl sites for hydroxylation is 1. The first kappa shape index (κ1) is 17.9. The van der Waals surface area contributed by atoms with Crippen LogP contribution in [0.1, 0.15) is 48.1 Å². The van der Waals surface area contributed by atoms with E-state index in [2.05, 4.69) is 49.3 Å². The highest BCUT2D eigenvalue weighted by molar-refractivity contribution is 5.57. The Labute approximate surface area is 164 Å². The van der Waals surface area contributed by atoms with Crippen molar-refractivity contribution in [3.05, 3.63) is 88.4 Å². The first-order chi connectivity index (χ1) is 13.5. The fraction of sp³-hybridized carbons (Fsp3) is 0.217. The zero-order valence-corrected chi connectivity index (χ0v) is 16.2. The zero-order chi connectivity index (χ0) is 19.8. The van der Waals surface area contributed by atoms with Gasteiger partial charge in [0.15, 0.2) is 0 Å². The lowest BCUT2D eigenvalue weighted by Crippen LogP contribution is -2.22. The molecule has 3 aromatic rings. The Hall–Kier alpha value is -3.52. The third-order valence-electron chi connectivity index (χ3n) is 5.17. The predicted octanol–water partition coefficient (Wildman–Crippen LogP) is 4.52. The zero-order valence-electron chi connectivity index (χ0n) is 16.2. The lowest BCUT2D eigenvalue weighted by atomic mass is 9.83. The fourth-order valence-electron chi connectivity index (χ4n) is 3.66. The van der Waals surface area contributed by atoms with Gasteiger partial charge in [0.05, 0.1) is 22.9 Å². The molecule has 0 saturated carbocycles. The monoisotopic (exact) mass is 370 g/mol. The van der Waals surface area contributed by atoms with Crippen LogP contribution in [0.2, 0.25) is 0 Å². The second-order valence-electron chi connectivity index (χ2n) is 7.30. The summed E-state index contributed by atoms with van der Waals surface area (Å²) >= 11 is 0. The number of nitrogens with zero attached hydrogens (tertiary/aromatic N) is 3. The second kappa shape index (κ2) is 6.90. The van der Waals surface area contributed by atoms with Gasteiger partial charge in [-0.2, -0.15) is 10.4 Å². The van der Waals surface area contributed by atoms with E-state index in [1.165, 1.54) is 5.56 Å². The van der Waals surface area contributed by atoms with Gasteiger partial charge in [0.2, 0.25) is 11.8 Å². The normalized spacial score (nSPS) is 15.9. The van der Waals surface area contributed by atoms with Crippen LogP contribution in [0.4, 0.5) is 0 Å². The molecule has 4 rings (SSSR count). The number of para-hydroxylation sites is 1. The summed E-state index contributed by atoms with van der Waals surface area (Å²) in [4.78, 5) is 0. The molecule has 2 aromatic carbocycles. The molecule has 1 aromatic heterocycles. The van der Waals surface area contributed by atoms with Crippen LogP contribution in [0.25, 0.3) is 5.69 Å². The van der Waals surface area contributed by atoms with Crippen molar-refractivity contribution in [1.29, 1.82) is 5.26 Å². The minimum Gasteiger partial charge on any atom is -0.422 e. The summed E-state index contributed by atoms with van der Waals surface area (Å²) in [6, 6.07) is 20.4. The molecule has 0 saturated heterocycles. The second-order valence-corrected chi connectivity index (χ2v) is 7.30. The molecule has 5 heteroatoms. The lowest BCUT2D eigenvalue weighted by Gasteiger charge is -2.25. The average Bonchev–Trinajstić information content (AvgIpc) is 3.03. The van der Waals surface area contributed by atoms with Crippen molar-refractivity contribution in [1.82, 2.24) is 9.78 Å². The molecule has 2 heterocycles. The van der Waals surface area contributed by atoms with Crippen molar-refractivity contribution in [3.63, 3.8) is 0 Å². The molecule has 0 amide bonds. The maximum absolute atomic E-state index is 9.78. The minimum atomic E-state index is -0.299. The summed E-state index contributed by atoms with van der Waals surface area (Å²) in [6.07, 6.45) is 0. The van der Waals surface area contributed by atoms with E-state index in [1.54, 1.807) is 4.68 Å². The molecule has 0 unspecified atom stereocenters. The van der Waals surface area contributed by atoms with E-state index in [4.69, 9.17) is 10.5 Å². The Bertz CT molecular complexity index is 1090. The molecular formula is C23H22N4O. The highest BCUT2D eigenvalue weighted by Gasteiger charge is 2.36. The summed E-state index contributed by atoms with van der Waals surface area (Å²) < 4.78 is 7.64. The number of aromatic nitrogens is 2. The highest BCUT2D eigenvalue weighted by Crippen LogP contribution is 2.44. The molecule has 1 atom stereocenters. The number of allylic oxidation sites excluding steroid dienone is 1. The maximum Gasteiger partial charge on any atom is 0.229 e. The van der Waals surface area contributed by atoms with Crippen LogP contribution in [0.15, 0.2) is 66.1 Å². The van der Waals surface area contributed by atoms with Crippen LogP contribution in [-0.4, -0.2) is 9.78 Å². The van der Waals surface area contributed by atoms with Gasteiger partial charge in [-0.15, -0.1) is 0 Å². The number of nitriles is 1. The highest BCUT2D eigenvalue weighted by atomic mass is 16.5. The Kier molecular flexibility index (Phi) is 4.40. The van der Waals surface area contributed by atoms with Crippen molar-refractivity contribution in [2.75, 3.05) is 0 Å². The van der Waals surface area contributed by atoms with Crippen molar-refractivity contribution in [2.45, 2.75) is 32.6 Å². The molecule has 0 fully saturated rings. The minimum absolute atomic E-state index is 0.130. The molecule has 5 nitrogen and oxygen atoms in total. The standard InChI is InChI=1S/C23H22N4O/c1-14(2)16-9-11-17(12-10-16)21-19(13-24)22(25)28-23-20(21)15(3)26-27(23)18-7-5-4-6-8-18/h4-12,14,21H,25H2,1-3H3/t21-/m1/s1. The van der Waals surface area contributed by atoms with Gasteiger partial charge in [0.25, 0.3) is 0 Å². The van der Waals surface area contributed by atoms with E-state index in [9.17, 15) is 5.26 Å². The van der Waals surface area contributed by atoms with E-state index in [-0.39, 0.29) is 11.8 Å². The van der Waals surface area contributed by atoms with Gasteiger partial charge in [-0.25, -0.2) is 4.68 Å². The maximum atomic E-state index is 9.78. The number of rotatable bonds is 3. The van der Waals surface area contributed by atoms with Gasteiger partial charge in [-0.3, -0.25) is 0 Å². The van der Waals surface area contributed by atoms with Crippen LogP contribution >= 0.6 is 0 Å². The summed E-state index contributed by atoms with van der Waals surface area (Å²) in [5, 5.41) is 14.5. The summed E-state index contributed by atoms with van der Waals surface area (Å²) in [7, 11) is 0. The van der Waals surface area contributed by atoms with E-state index in [1.807, 2.05) is 37.3 Å². The van der Waals surface area contributed by atoms with Crippen LogP contribution < -0.4 is 10.5 Å². The van der Waals surface area contributed by atoms with Gasteiger partial charge in [0.1, 0.15) is 11.6 Å². The van der Waals surface area contributed by atoms with Gasteiger partial charge in [-0.1, -0.05) is 56.3 Å². The topological polar surface area (TPSA) is 76.9 Å². The summed E-state index contributed by atoms with van der Waals surface area (Å²) in [5.41, 5.74) is 11.4. The number of benzene rings is 2. The van der Waals surface area contributed by atoms with Gasteiger partial charge < -0.3 is 10.5 Å². The van der Waals surface area contributed by atoms with Crippen LogP contribution in [-0.2, 0) is 0 Å².